The van der Waals surface area contributed by atoms with Crippen molar-refractivity contribution in [2.24, 2.45) is 5.92 Å². The van der Waals surface area contributed by atoms with Crippen molar-refractivity contribution in [2.75, 3.05) is 26.2 Å². The van der Waals surface area contributed by atoms with E-state index in [4.69, 9.17) is 0 Å². The molecule has 1 N–H and O–H groups in total. The highest BCUT2D eigenvalue weighted by molar-refractivity contribution is 5.80. The summed E-state index contributed by atoms with van der Waals surface area (Å²) in [4.78, 5) is 29.4. The molecular weight excluding hydrogens is 386 g/mol. The average Bonchev–Trinajstić information content (AvgIpc) is 2.81. The largest absolute Gasteiger partial charge is 0.352 e. The number of rotatable bonds is 7. The van der Waals surface area contributed by atoms with Crippen LogP contribution in [0.5, 0.6) is 0 Å². The number of urea groups is 1. The monoisotopic (exact) mass is 421 g/mol. The Labute approximate surface area is 186 Å². The molecule has 0 radical (unpaired) electrons. The molecule has 0 bridgehead atoms. The molecule has 3 rings (SSSR count). The number of carbonyl (C=O) groups is 2. The summed E-state index contributed by atoms with van der Waals surface area (Å²) >= 11 is 0. The quantitative estimate of drug-likeness (QED) is 0.716. The maximum absolute atomic E-state index is 13.1. The van der Waals surface area contributed by atoms with Gasteiger partial charge in [-0.25, -0.2) is 4.79 Å². The van der Waals surface area contributed by atoms with Crippen LogP contribution in [-0.4, -0.2) is 54.0 Å². The van der Waals surface area contributed by atoms with Crippen LogP contribution in [-0.2, 0) is 4.79 Å². The highest BCUT2D eigenvalue weighted by Gasteiger charge is 2.31. The first-order chi connectivity index (χ1) is 15.0. The van der Waals surface area contributed by atoms with Crippen molar-refractivity contribution in [1.29, 1.82) is 0 Å². The van der Waals surface area contributed by atoms with Crippen LogP contribution in [0, 0.1) is 5.92 Å². The van der Waals surface area contributed by atoms with Gasteiger partial charge in [0.15, 0.2) is 0 Å². The lowest BCUT2D eigenvalue weighted by Crippen LogP contribution is -2.49. The fourth-order valence-electron chi connectivity index (χ4n) is 4.54. The van der Waals surface area contributed by atoms with Crippen LogP contribution in [0.25, 0.3) is 0 Å². The molecule has 1 fully saturated rings. The molecule has 1 unspecified atom stereocenters. The van der Waals surface area contributed by atoms with Gasteiger partial charge < -0.3 is 15.1 Å². The lowest BCUT2D eigenvalue weighted by Gasteiger charge is -2.35. The molecule has 0 aromatic heterocycles. The standard InChI is InChI=1S/C26H35N3O2/c1-4-28(5-2)26(31)29-18-16-23(17-19-29)25(30)27-20(3)24(21-12-8-6-9-13-21)22-14-10-7-11-15-22/h6-15,20,23-24H,4-5,16-19H2,1-3H3,(H,27,30). The van der Waals surface area contributed by atoms with E-state index in [1.54, 1.807) is 0 Å². The molecule has 1 aliphatic rings. The molecular formula is C26H35N3O2. The molecule has 5 nitrogen and oxygen atoms in total. The van der Waals surface area contributed by atoms with E-state index in [0.29, 0.717) is 39.0 Å². The summed E-state index contributed by atoms with van der Waals surface area (Å²) in [6.45, 7) is 8.80. The number of likely N-dealkylation sites (tertiary alicyclic amines) is 1. The van der Waals surface area contributed by atoms with Crippen LogP contribution >= 0.6 is 0 Å². The minimum atomic E-state index is -0.0459. The number of hydrogen-bond donors (Lipinski definition) is 1. The van der Waals surface area contributed by atoms with Gasteiger partial charge in [0, 0.05) is 44.1 Å². The third-order valence-electron chi connectivity index (χ3n) is 6.36. The van der Waals surface area contributed by atoms with Gasteiger partial charge in [-0.3, -0.25) is 4.79 Å². The van der Waals surface area contributed by atoms with E-state index in [1.807, 2.05) is 60.0 Å². The Bertz CT molecular complexity index is 789. The smallest absolute Gasteiger partial charge is 0.319 e. The van der Waals surface area contributed by atoms with Gasteiger partial charge in [-0.1, -0.05) is 60.7 Å². The minimum absolute atomic E-state index is 0.0346. The minimum Gasteiger partial charge on any atom is -0.352 e. The van der Waals surface area contributed by atoms with E-state index >= 15 is 0 Å². The fraction of sp³-hybridized carbons (Fsp3) is 0.462. The predicted octanol–water partition coefficient (Wildman–Crippen LogP) is 4.50. The Morgan fingerprint density at radius 1 is 0.935 bits per heavy atom. The van der Waals surface area contributed by atoms with Crippen LogP contribution in [0.3, 0.4) is 0 Å². The first-order valence-corrected chi connectivity index (χ1v) is 11.5. The Balaban J connectivity index is 1.63. The van der Waals surface area contributed by atoms with Gasteiger partial charge in [0.2, 0.25) is 5.91 Å². The van der Waals surface area contributed by atoms with E-state index in [-0.39, 0.29) is 29.8 Å². The van der Waals surface area contributed by atoms with Crippen LogP contribution in [0.15, 0.2) is 60.7 Å². The first-order valence-electron chi connectivity index (χ1n) is 11.5. The molecule has 2 aromatic carbocycles. The summed E-state index contributed by atoms with van der Waals surface area (Å²) in [5.74, 6) is 0.144. The zero-order valence-electron chi connectivity index (χ0n) is 19.0. The van der Waals surface area contributed by atoms with Crippen molar-refractivity contribution in [3.63, 3.8) is 0 Å². The summed E-state index contributed by atoms with van der Waals surface area (Å²) in [5.41, 5.74) is 2.39. The third-order valence-corrected chi connectivity index (χ3v) is 6.36. The van der Waals surface area contributed by atoms with E-state index in [0.717, 1.165) is 0 Å². The lowest BCUT2D eigenvalue weighted by molar-refractivity contribution is -0.127. The summed E-state index contributed by atoms with van der Waals surface area (Å²) < 4.78 is 0. The second kappa shape index (κ2) is 11.0. The van der Waals surface area contributed by atoms with Crippen LogP contribution in [0.2, 0.25) is 0 Å². The summed E-state index contributed by atoms with van der Waals surface area (Å²) in [6, 6.07) is 20.8. The molecule has 3 amide bonds. The fourth-order valence-corrected chi connectivity index (χ4v) is 4.54. The summed E-state index contributed by atoms with van der Waals surface area (Å²) in [5, 5.41) is 3.28. The van der Waals surface area contributed by atoms with Crippen molar-refractivity contribution < 1.29 is 9.59 Å². The van der Waals surface area contributed by atoms with Gasteiger partial charge >= 0.3 is 6.03 Å². The van der Waals surface area contributed by atoms with E-state index < -0.39 is 0 Å². The maximum Gasteiger partial charge on any atom is 0.319 e. The molecule has 2 aromatic rings. The van der Waals surface area contributed by atoms with E-state index in [1.165, 1.54) is 11.1 Å². The van der Waals surface area contributed by atoms with Gasteiger partial charge in [0.25, 0.3) is 0 Å². The third kappa shape index (κ3) is 5.66. The van der Waals surface area contributed by atoms with Gasteiger partial charge in [0.05, 0.1) is 0 Å². The van der Waals surface area contributed by atoms with E-state index in [2.05, 4.69) is 36.5 Å². The predicted molar refractivity (Wildman–Crippen MR) is 125 cm³/mol. The zero-order chi connectivity index (χ0) is 22.2. The van der Waals surface area contributed by atoms with E-state index in [9.17, 15) is 9.59 Å². The van der Waals surface area contributed by atoms with Crippen molar-refractivity contribution >= 4 is 11.9 Å². The topological polar surface area (TPSA) is 52.7 Å². The van der Waals surface area contributed by atoms with Crippen molar-refractivity contribution in [2.45, 2.75) is 45.6 Å². The van der Waals surface area contributed by atoms with Crippen LogP contribution in [0.4, 0.5) is 4.79 Å². The number of nitrogens with zero attached hydrogens (tertiary/aromatic N) is 2. The number of piperidine rings is 1. The SMILES string of the molecule is CCN(CC)C(=O)N1CCC(C(=O)NC(C)C(c2ccccc2)c2ccccc2)CC1. The van der Waals surface area contributed by atoms with Crippen molar-refractivity contribution in [3.8, 4) is 0 Å². The molecule has 5 heteroatoms. The number of nitrogens with one attached hydrogen (secondary N) is 1. The Hall–Kier alpha value is -2.82. The molecule has 31 heavy (non-hydrogen) atoms. The molecule has 0 aliphatic carbocycles. The maximum atomic E-state index is 13.1. The summed E-state index contributed by atoms with van der Waals surface area (Å²) in [6.07, 6.45) is 1.43. The highest BCUT2D eigenvalue weighted by Crippen LogP contribution is 2.28. The Kier molecular flexibility index (Phi) is 8.10. The second-order valence-electron chi connectivity index (χ2n) is 8.31. The second-order valence-corrected chi connectivity index (χ2v) is 8.31. The molecule has 1 saturated heterocycles. The first kappa shape index (κ1) is 22.9. The summed E-state index contributed by atoms with van der Waals surface area (Å²) in [7, 11) is 0. The zero-order valence-corrected chi connectivity index (χ0v) is 19.0. The highest BCUT2D eigenvalue weighted by atomic mass is 16.2. The molecule has 1 aliphatic heterocycles. The molecule has 0 spiro atoms. The lowest BCUT2D eigenvalue weighted by atomic mass is 9.85. The molecule has 166 valence electrons. The Morgan fingerprint density at radius 3 is 1.87 bits per heavy atom. The van der Waals surface area contributed by atoms with Crippen molar-refractivity contribution in [3.05, 3.63) is 71.8 Å². The molecule has 1 heterocycles. The molecule has 1 atom stereocenters. The van der Waals surface area contributed by atoms with Gasteiger partial charge in [-0.15, -0.1) is 0 Å². The van der Waals surface area contributed by atoms with Gasteiger partial charge in [-0.2, -0.15) is 0 Å². The normalized spacial score (nSPS) is 15.5. The number of carbonyl (C=O) groups excluding carboxylic acids is 2. The number of benzene rings is 2. The number of amides is 3. The van der Waals surface area contributed by atoms with Gasteiger partial charge in [0.1, 0.15) is 0 Å². The average molecular weight is 422 g/mol. The van der Waals surface area contributed by atoms with Gasteiger partial charge in [-0.05, 0) is 44.7 Å². The Morgan fingerprint density at radius 2 is 1.42 bits per heavy atom. The molecule has 0 saturated carbocycles. The number of hydrogen-bond acceptors (Lipinski definition) is 2. The van der Waals surface area contributed by atoms with Crippen molar-refractivity contribution in [1.82, 2.24) is 15.1 Å². The van der Waals surface area contributed by atoms with Crippen LogP contribution in [0.1, 0.15) is 50.7 Å². The van der Waals surface area contributed by atoms with Crippen LogP contribution < -0.4 is 5.32 Å².